The summed E-state index contributed by atoms with van der Waals surface area (Å²) in [5.74, 6) is 0.249. The molecule has 15 heavy (non-hydrogen) atoms. The first-order valence-electron chi connectivity index (χ1n) is 4.33. The summed E-state index contributed by atoms with van der Waals surface area (Å²) < 4.78 is 5.60. The van der Waals surface area contributed by atoms with Gasteiger partial charge in [0.2, 0.25) is 5.90 Å². The smallest absolute Gasteiger partial charge is 0.417 e. The van der Waals surface area contributed by atoms with Crippen molar-refractivity contribution >= 4 is 12.0 Å². The van der Waals surface area contributed by atoms with Crippen LogP contribution in [-0.2, 0) is 4.74 Å². The van der Waals surface area contributed by atoms with Gasteiger partial charge in [0.1, 0.15) is 6.67 Å². The van der Waals surface area contributed by atoms with Gasteiger partial charge in [-0.2, -0.15) is 4.73 Å². The average Bonchev–Trinajstić information content (AvgIpc) is 2.23. The molecule has 78 valence electrons. The van der Waals surface area contributed by atoms with Gasteiger partial charge < -0.3 is 9.94 Å². The van der Waals surface area contributed by atoms with Crippen molar-refractivity contribution in [3.63, 3.8) is 0 Å². The van der Waals surface area contributed by atoms with Gasteiger partial charge in [0.15, 0.2) is 12.4 Å². The summed E-state index contributed by atoms with van der Waals surface area (Å²) in [6.45, 7) is 0.264. The fourth-order valence-corrected chi connectivity index (χ4v) is 1.13. The number of aliphatic imine (C=N–C) groups is 1. The molecule has 1 aromatic rings. The monoisotopic (exact) mass is 207 g/mol. The second-order valence-electron chi connectivity index (χ2n) is 3.12. The standard InChI is InChI=1S/C9H9N3O3/c1-11-6-10-8(15-9(11)13)7-2-4-12(14)5-3-7/h2-5H,6H2,1H3. The molecule has 0 radical (unpaired) electrons. The van der Waals surface area contributed by atoms with E-state index in [4.69, 9.17) is 4.74 Å². The lowest BCUT2D eigenvalue weighted by Gasteiger charge is -2.20. The Hall–Kier alpha value is -2.11. The topological polar surface area (TPSA) is 68.8 Å². The van der Waals surface area contributed by atoms with Gasteiger partial charge in [-0.05, 0) is 0 Å². The SMILES string of the molecule is CN1CN=C(c2cc[n+]([O-])cc2)OC1=O. The van der Waals surface area contributed by atoms with Crippen molar-refractivity contribution in [2.75, 3.05) is 13.7 Å². The van der Waals surface area contributed by atoms with Crippen molar-refractivity contribution in [2.45, 2.75) is 0 Å². The molecule has 0 N–H and O–H groups in total. The molecule has 6 nitrogen and oxygen atoms in total. The molecule has 1 aliphatic heterocycles. The van der Waals surface area contributed by atoms with Gasteiger partial charge in [-0.25, -0.2) is 9.79 Å². The molecular formula is C9H9N3O3. The fourth-order valence-electron chi connectivity index (χ4n) is 1.13. The van der Waals surface area contributed by atoms with Crippen molar-refractivity contribution in [1.29, 1.82) is 0 Å². The van der Waals surface area contributed by atoms with Gasteiger partial charge in [0.25, 0.3) is 0 Å². The maximum atomic E-state index is 11.2. The molecule has 0 bridgehead atoms. The van der Waals surface area contributed by atoms with E-state index in [9.17, 15) is 10.0 Å². The zero-order valence-corrected chi connectivity index (χ0v) is 8.08. The Labute approximate surface area is 86.0 Å². The van der Waals surface area contributed by atoms with Crippen molar-refractivity contribution in [1.82, 2.24) is 4.90 Å². The molecule has 1 aromatic heterocycles. The number of cyclic esters (lactones) is 1. The van der Waals surface area contributed by atoms with Crippen LogP contribution >= 0.6 is 0 Å². The largest absolute Gasteiger partial charge is 0.619 e. The Morgan fingerprint density at radius 1 is 1.53 bits per heavy atom. The number of ether oxygens (including phenoxy) is 1. The van der Waals surface area contributed by atoms with Gasteiger partial charge in [0.05, 0.1) is 0 Å². The lowest BCUT2D eigenvalue weighted by atomic mass is 10.2. The predicted octanol–water partition coefficient (Wildman–Crippen LogP) is 0.106. The summed E-state index contributed by atoms with van der Waals surface area (Å²) in [6.07, 6.45) is 2.20. The Morgan fingerprint density at radius 3 is 2.80 bits per heavy atom. The molecule has 0 atom stereocenters. The number of aromatic nitrogens is 1. The summed E-state index contributed by atoms with van der Waals surface area (Å²) in [5, 5.41) is 10.8. The van der Waals surface area contributed by atoms with Crippen LogP contribution in [0.4, 0.5) is 4.79 Å². The average molecular weight is 207 g/mol. The number of nitrogens with zero attached hydrogens (tertiary/aromatic N) is 3. The molecule has 0 aliphatic carbocycles. The van der Waals surface area contributed by atoms with Crippen LogP contribution in [0.5, 0.6) is 0 Å². The van der Waals surface area contributed by atoms with Crippen molar-refractivity contribution in [3.05, 3.63) is 35.3 Å². The summed E-state index contributed by atoms with van der Waals surface area (Å²) in [4.78, 5) is 16.6. The normalized spacial score (nSPS) is 15.9. The minimum Gasteiger partial charge on any atom is -0.619 e. The number of amides is 1. The van der Waals surface area contributed by atoms with E-state index >= 15 is 0 Å². The predicted molar refractivity (Wildman–Crippen MR) is 51.1 cm³/mol. The van der Waals surface area contributed by atoms with Gasteiger partial charge >= 0.3 is 6.09 Å². The van der Waals surface area contributed by atoms with E-state index in [1.807, 2.05) is 0 Å². The van der Waals surface area contributed by atoms with E-state index < -0.39 is 6.09 Å². The molecule has 0 unspecified atom stereocenters. The summed E-state index contributed by atoms with van der Waals surface area (Å²) in [7, 11) is 1.60. The van der Waals surface area contributed by atoms with E-state index in [0.29, 0.717) is 10.3 Å². The summed E-state index contributed by atoms with van der Waals surface area (Å²) >= 11 is 0. The highest BCUT2D eigenvalue weighted by molar-refractivity contribution is 6.01. The van der Waals surface area contributed by atoms with Crippen LogP contribution in [0.3, 0.4) is 0 Å². The Kier molecular flexibility index (Phi) is 2.24. The lowest BCUT2D eigenvalue weighted by molar-refractivity contribution is -0.605. The third kappa shape index (κ3) is 1.88. The molecule has 0 saturated carbocycles. The maximum Gasteiger partial charge on any atom is 0.417 e. The van der Waals surface area contributed by atoms with E-state index in [2.05, 4.69) is 4.99 Å². The first kappa shape index (κ1) is 9.45. The molecule has 2 heterocycles. The number of carbonyl (C=O) groups excluding carboxylic acids is 1. The zero-order valence-electron chi connectivity index (χ0n) is 8.08. The van der Waals surface area contributed by atoms with E-state index in [1.54, 1.807) is 19.2 Å². The second kappa shape index (κ2) is 3.56. The number of rotatable bonds is 1. The van der Waals surface area contributed by atoms with E-state index in [1.165, 1.54) is 17.3 Å². The molecule has 1 aliphatic rings. The van der Waals surface area contributed by atoms with Gasteiger partial charge in [-0.3, -0.25) is 4.90 Å². The number of hydrogen-bond donors (Lipinski definition) is 0. The molecule has 0 spiro atoms. The molecule has 0 saturated heterocycles. The van der Waals surface area contributed by atoms with Crippen LogP contribution in [0.25, 0.3) is 0 Å². The van der Waals surface area contributed by atoms with Gasteiger partial charge in [0, 0.05) is 24.7 Å². The highest BCUT2D eigenvalue weighted by Crippen LogP contribution is 2.07. The molecule has 0 aromatic carbocycles. The van der Waals surface area contributed by atoms with Crippen LogP contribution in [0.1, 0.15) is 5.56 Å². The summed E-state index contributed by atoms with van der Waals surface area (Å²) in [5.41, 5.74) is 0.614. The van der Waals surface area contributed by atoms with Crippen LogP contribution < -0.4 is 4.73 Å². The van der Waals surface area contributed by atoms with Crippen LogP contribution in [0, 0.1) is 5.21 Å². The van der Waals surface area contributed by atoms with E-state index in [0.717, 1.165) is 0 Å². The van der Waals surface area contributed by atoms with Crippen molar-refractivity contribution < 1.29 is 14.3 Å². The first-order chi connectivity index (χ1) is 7.16. The quantitative estimate of drug-likeness (QED) is 0.484. The lowest BCUT2D eigenvalue weighted by Crippen LogP contribution is -2.35. The van der Waals surface area contributed by atoms with Gasteiger partial charge in [-0.1, -0.05) is 0 Å². The van der Waals surface area contributed by atoms with Crippen LogP contribution in [0.15, 0.2) is 29.5 Å². The first-order valence-corrected chi connectivity index (χ1v) is 4.33. The second-order valence-corrected chi connectivity index (χ2v) is 3.12. The fraction of sp³-hybridized carbons (Fsp3) is 0.222. The minimum atomic E-state index is -0.446. The highest BCUT2D eigenvalue weighted by Gasteiger charge is 2.20. The molecular weight excluding hydrogens is 198 g/mol. The number of carbonyl (C=O) groups is 1. The Balaban J connectivity index is 2.25. The molecule has 6 heteroatoms. The zero-order chi connectivity index (χ0) is 10.8. The Bertz CT molecular complexity index is 413. The maximum absolute atomic E-state index is 11.2. The summed E-state index contributed by atoms with van der Waals surface area (Å²) in [6, 6.07) is 3.09. The third-order valence-electron chi connectivity index (χ3n) is 1.97. The minimum absolute atomic E-state index is 0.249. The van der Waals surface area contributed by atoms with E-state index in [-0.39, 0.29) is 12.6 Å². The highest BCUT2D eigenvalue weighted by atomic mass is 16.6. The van der Waals surface area contributed by atoms with Crippen LogP contribution in [0.2, 0.25) is 0 Å². The van der Waals surface area contributed by atoms with Crippen molar-refractivity contribution in [3.8, 4) is 0 Å². The van der Waals surface area contributed by atoms with Crippen molar-refractivity contribution in [2.24, 2.45) is 4.99 Å². The number of hydrogen-bond acceptors (Lipinski definition) is 4. The Morgan fingerprint density at radius 2 is 2.20 bits per heavy atom. The molecule has 2 rings (SSSR count). The molecule has 1 amide bonds. The molecule has 0 fully saturated rings. The van der Waals surface area contributed by atoms with Gasteiger partial charge in [-0.15, -0.1) is 0 Å². The van der Waals surface area contributed by atoms with Crippen LogP contribution in [-0.4, -0.2) is 30.6 Å². The third-order valence-corrected chi connectivity index (χ3v) is 1.97. The number of pyridine rings is 1.